The first-order chi connectivity index (χ1) is 14.0. The number of nitrogens with one attached hydrogen (secondary N) is 1. The molecule has 1 aliphatic rings. The summed E-state index contributed by atoms with van der Waals surface area (Å²) in [6.45, 7) is 4.45. The highest BCUT2D eigenvalue weighted by molar-refractivity contribution is 6.05. The topological polar surface area (TPSA) is 69.3 Å². The van der Waals surface area contributed by atoms with Gasteiger partial charge in [0, 0.05) is 43.5 Å². The number of carbonyl (C=O) groups is 1. The van der Waals surface area contributed by atoms with Gasteiger partial charge in [0.25, 0.3) is 11.5 Å². The number of aryl methyl sites for hydroxylation is 1. The van der Waals surface area contributed by atoms with Crippen LogP contribution in [-0.4, -0.2) is 51.9 Å². The molecule has 1 N–H and O–H groups in total. The average molecular weight is 390 g/mol. The number of nitrogens with zero attached hydrogens (tertiary/aromatic N) is 3. The van der Waals surface area contributed by atoms with Crippen molar-refractivity contribution in [3.63, 3.8) is 0 Å². The SMILES string of the molecule is Cc1cccc(CN(C)C2CCN(C(=O)c3c[nH]c(=O)c4ncccc34)CC2)c1. The molecule has 2 aromatic heterocycles. The number of fused-ring (bicyclic) bond motifs is 1. The molecule has 0 bridgehead atoms. The number of amides is 1. The molecule has 4 rings (SSSR count). The van der Waals surface area contributed by atoms with Crippen LogP contribution in [0, 0.1) is 6.92 Å². The number of pyridine rings is 2. The third kappa shape index (κ3) is 4.07. The molecule has 1 fully saturated rings. The van der Waals surface area contributed by atoms with Gasteiger partial charge in [-0.3, -0.25) is 19.5 Å². The van der Waals surface area contributed by atoms with Crippen molar-refractivity contribution in [3.8, 4) is 0 Å². The Bertz CT molecular complexity index is 1080. The fourth-order valence-corrected chi connectivity index (χ4v) is 4.17. The standard InChI is InChI=1S/C23H26N4O2/c1-16-5-3-6-17(13-16)15-26(2)18-8-11-27(12-9-18)23(29)20-14-25-22(28)21-19(20)7-4-10-24-21/h3-7,10,13-14,18H,8-9,11-12,15H2,1-2H3,(H,25,28). The molecule has 0 atom stereocenters. The van der Waals surface area contributed by atoms with Crippen LogP contribution in [0.15, 0.2) is 53.6 Å². The molecule has 0 spiro atoms. The molecule has 6 heteroatoms. The quantitative estimate of drug-likeness (QED) is 0.744. The Kier molecular flexibility index (Phi) is 5.45. The smallest absolute Gasteiger partial charge is 0.274 e. The van der Waals surface area contributed by atoms with E-state index in [1.165, 1.54) is 17.3 Å². The van der Waals surface area contributed by atoms with E-state index >= 15 is 0 Å². The van der Waals surface area contributed by atoms with E-state index in [1.54, 1.807) is 18.3 Å². The lowest BCUT2D eigenvalue weighted by molar-refractivity contribution is 0.0641. The van der Waals surface area contributed by atoms with Gasteiger partial charge in [0.05, 0.1) is 5.56 Å². The molecule has 1 aromatic carbocycles. The molecule has 3 aromatic rings. The number of benzene rings is 1. The number of likely N-dealkylation sites (tertiary alicyclic amines) is 1. The second-order valence-electron chi connectivity index (χ2n) is 7.86. The summed E-state index contributed by atoms with van der Waals surface area (Å²) in [6.07, 6.45) is 4.97. The maximum atomic E-state index is 13.1. The number of hydrogen-bond acceptors (Lipinski definition) is 4. The van der Waals surface area contributed by atoms with Crippen LogP contribution in [0.4, 0.5) is 0 Å². The summed E-state index contributed by atoms with van der Waals surface area (Å²) in [4.78, 5) is 36.1. The largest absolute Gasteiger partial charge is 0.338 e. The van der Waals surface area contributed by atoms with Gasteiger partial charge in [0.1, 0.15) is 5.52 Å². The van der Waals surface area contributed by atoms with Crippen molar-refractivity contribution in [1.82, 2.24) is 19.8 Å². The Morgan fingerprint density at radius 2 is 2.03 bits per heavy atom. The summed E-state index contributed by atoms with van der Waals surface area (Å²) in [5.74, 6) is -0.0426. The van der Waals surface area contributed by atoms with Crippen LogP contribution in [0.3, 0.4) is 0 Å². The van der Waals surface area contributed by atoms with E-state index in [1.807, 2.05) is 4.90 Å². The van der Waals surface area contributed by atoms with Gasteiger partial charge in [-0.15, -0.1) is 0 Å². The predicted molar refractivity (Wildman–Crippen MR) is 114 cm³/mol. The Morgan fingerprint density at radius 1 is 1.24 bits per heavy atom. The minimum atomic E-state index is -0.270. The maximum Gasteiger partial charge on any atom is 0.274 e. The summed E-state index contributed by atoms with van der Waals surface area (Å²) in [5, 5.41) is 0.611. The highest BCUT2D eigenvalue weighted by atomic mass is 16.2. The first kappa shape index (κ1) is 19.3. The minimum absolute atomic E-state index is 0.0426. The van der Waals surface area contributed by atoms with Crippen LogP contribution < -0.4 is 5.56 Å². The van der Waals surface area contributed by atoms with Crippen molar-refractivity contribution in [2.75, 3.05) is 20.1 Å². The number of hydrogen-bond donors (Lipinski definition) is 1. The van der Waals surface area contributed by atoms with Gasteiger partial charge in [-0.05, 0) is 38.4 Å². The van der Waals surface area contributed by atoms with Crippen molar-refractivity contribution >= 4 is 16.8 Å². The Hall–Kier alpha value is -2.99. The first-order valence-electron chi connectivity index (χ1n) is 10.0. The molecule has 150 valence electrons. The molecule has 0 saturated carbocycles. The molecule has 1 aliphatic heterocycles. The molecule has 1 saturated heterocycles. The van der Waals surface area contributed by atoms with E-state index < -0.39 is 0 Å². The van der Waals surface area contributed by atoms with E-state index in [4.69, 9.17) is 0 Å². The molecule has 3 heterocycles. The second kappa shape index (κ2) is 8.17. The van der Waals surface area contributed by atoms with Crippen LogP contribution in [0.25, 0.3) is 10.9 Å². The molecule has 6 nitrogen and oxygen atoms in total. The Morgan fingerprint density at radius 3 is 2.79 bits per heavy atom. The van der Waals surface area contributed by atoms with Gasteiger partial charge >= 0.3 is 0 Å². The molecular formula is C23H26N4O2. The van der Waals surface area contributed by atoms with Crippen LogP contribution in [0.2, 0.25) is 0 Å². The fraction of sp³-hybridized carbons (Fsp3) is 0.348. The van der Waals surface area contributed by atoms with Crippen molar-refractivity contribution < 1.29 is 4.79 Å². The van der Waals surface area contributed by atoms with Gasteiger partial charge in [-0.1, -0.05) is 35.9 Å². The number of carbonyl (C=O) groups excluding carboxylic acids is 1. The number of H-pyrrole nitrogens is 1. The zero-order valence-corrected chi connectivity index (χ0v) is 16.9. The molecule has 0 radical (unpaired) electrons. The molecule has 1 amide bonds. The first-order valence-corrected chi connectivity index (χ1v) is 10.0. The maximum absolute atomic E-state index is 13.1. The van der Waals surface area contributed by atoms with E-state index in [2.05, 4.69) is 53.1 Å². The predicted octanol–water partition coefficient (Wildman–Crippen LogP) is 2.97. The van der Waals surface area contributed by atoms with Gasteiger partial charge in [0.15, 0.2) is 0 Å². The highest BCUT2D eigenvalue weighted by Crippen LogP contribution is 2.21. The summed E-state index contributed by atoms with van der Waals surface area (Å²) in [6, 6.07) is 12.6. The van der Waals surface area contributed by atoms with E-state index in [0.29, 0.717) is 35.6 Å². The lowest BCUT2D eigenvalue weighted by Crippen LogP contribution is -2.45. The van der Waals surface area contributed by atoms with Crippen molar-refractivity contribution in [2.24, 2.45) is 0 Å². The van der Waals surface area contributed by atoms with E-state index in [-0.39, 0.29) is 11.5 Å². The lowest BCUT2D eigenvalue weighted by atomic mass is 10.0. The molecular weight excluding hydrogens is 364 g/mol. The van der Waals surface area contributed by atoms with Gasteiger partial charge in [-0.2, -0.15) is 0 Å². The monoisotopic (exact) mass is 390 g/mol. The van der Waals surface area contributed by atoms with Crippen LogP contribution >= 0.6 is 0 Å². The van der Waals surface area contributed by atoms with Crippen molar-refractivity contribution in [3.05, 3.63) is 75.8 Å². The van der Waals surface area contributed by atoms with E-state index in [9.17, 15) is 9.59 Å². The molecule has 29 heavy (non-hydrogen) atoms. The zero-order valence-electron chi connectivity index (χ0n) is 16.9. The number of aromatic nitrogens is 2. The van der Waals surface area contributed by atoms with Crippen LogP contribution in [0.5, 0.6) is 0 Å². The second-order valence-corrected chi connectivity index (χ2v) is 7.86. The fourth-order valence-electron chi connectivity index (χ4n) is 4.17. The average Bonchev–Trinajstić information content (AvgIpc) is 2.74. The summed E-state index contributed by atoms with van der Waals surface area (Å²) >= 11 is 0. The van der Waals surface area contributed by atoms with Crippen LogP contribution in [-0.2, 0) is 6.54 Å². The van der Waals surface area contributed by atoms with E-state index in [0.717, 1.165) is 19.4 Å². The number of piperidine rings is 1. The van der Waals surface area contributed by atoms with Gasteiger partial charge in [-0.25, -0.2) is 0 Å². The third-order valence-electron chi connectivity index (χ3n) is 5.78. The van der Waals surface area contributed by atoms with Gasteiger partial charge < -0.3 is 9.88 Å². The number of rotatable bonds is 4. The summed E-state index contributed by atoms with van der Waals surface area (Å²) in [5.41, 5.74) is 3.15. The third-order valence-corrected chi connectivity index (χ3v) is 5.78. The lowest BCUT2D eigenvalue weighted by Gasteiger charge is -2.37. The zero-order chi connectivity index (χ0) is 20.4. The summed E-state index contributed by atoms with van der Waals surface area (Å²) in [7, 11) is 2.16. The Labute approximate surface area is 170 Å². The van der Waals surface area contributed by atoms with Gasteiger partial charge in [0.2, 0.25) is 0 Å². The van der Waals surface area contributed by atoms with Crippen molar-refractivity contribution in [1.29, 1.82) is 0 Å². The number of aromatic amines is 1. The summed E-state index contributed by atoms with van der Waals surface area (Å²) < 4.78 is 0. The Balaban J connectivity index is 1.43. The molecule has 0 unspecified atom stereocenters. The van der Waals surface area contributed by atoms with Crippen molar-refractivity contribution in [2.45, 2.75) is 32.4 Å². The minimum Gasteiger partial charge on any atom is -0.338 e. The highest BCUT2D eigenvalue weighted by Gasteiger charge is 2.27. The normalized spacial score (nSPS) is 15.2. The van der Waals surface area contributed by atoms with Crippen LogP contribution in [0.1, 0.15) is 34.3 Å². The molecule has 0 aliphatic carbocycles.